The Kier molecular flexibility index (Phi) is 5.04. The Balaban J connectivity index is 1.72. The Morgan fingerprint density at radius 2 is 2.00 bits per heavy atom. The van der Waals surface area contributed by atoms with Crippen molar-refractivity contribution >= 4 is 17.2 Å². The summed E-state index contributed by atoms with van der Waals surface area (Å²) in [5.74, 6) is 1.04. The average molecular weight is 357 g/mol. The van der Waals surface area contributed by atoms with E-state index in [-0.39, 0.29) is 11.9 Å². The van der Waals surface area contributed by atoms with E-state index in [1.165, 1.54) is 0 Å². The van der Waals surface area contributed by atoms with Crippen LogP contribution in [0.2, 0.25) is 0 Å². The molecule has 0 aliphatic carbocycles. The molecule has 0 fully saturated rings. The lowest BCUT2D eigenvalue weighted by Crippen LogP contribution is -2.27. The largest absolute Gasteiger partial charge is 0.493 e. The number of amides is 1. The first-order valence-electron chi connectivity index (χ1n) is 7.74. The fourth-order valence-corrected chi connectivity index (χ4v) is 3.16. The summed E-state index contributed by atoms with van der Waals surface area (Å²) in [6.07, 6.45) is 0. The Bertz CT molecular complexity index is 858. The maximum absolute atomic E-state index is 12.4. The normalized spacial score (nSPS) is 11.8. The van der Waals surface area contributed by atoms with Gasteiger partial charge in [-0.15, -0.1) is 11.3 Å². The number of benzene rings is 1. The van der Waals surface area contributed by atoms with Crippen molar-refractivity contribution in [1.29, 1.82) is 0 Å². The van der Waals surface area contributed by atoms with Crippen molar-refractivity contribution in [2.75, 3.05) is 14.2 Å². The van der Waals surface area contributed by atoms with E-state index >= 15 is 0 Å². The zero-order valence-electron chi connectivity index (χ0n) is 14.2. The molecule has 3 rings (SSSR count). The minimum atomic E-state index is -0.235. The number of methoxy groups -OCH3 is 2. The number of hydrogen-bond donors (Lipinski definition) is 2. The van der Waals surface area contributed by atoms with Crippen molar-refractivity contribution in [3.8, 4) is 22.1 Å². The number of nitrogens with zero attached hydrogens (tertiary/aromatic N) is 1. The molecule has 0 radical (unpaired) electrons. The van der Waals surface area contributed by atoms with Crippen LogP contribution in [0, 0.1) is 0 Å². The highest BCUT2D eigenvalue weighted by Crippen LogP contribution is 2.30. The molecule has 7 heteroatoms. The van der Waals surface area contributed by atoms with Crippen LogP contribution in [-0.2, 0) is 0 Å². The molecule has 1 atom stereocenters. The summed E-state index contributed by atoms with van der Waals surface area (Å²) < 4.78 is 10.5. The van der Waals surface area contributed by atoms with Crippen molar-refractivity contribution < 1.29 is 14.3 Å². The molecule has 0 saturated heterocycles. The first-order chi connectivity index (χ1) is 12.1. The number of aromatic nitrogens is 2. The Hall–Kier alpha value is -2.80. The number of carbonyl (C=O) groups excluding carboxylic acids is 1. The number of rotatable bonds is 6. The zero-order valence-corrected chi connectivity index (χ0v) is 15.0. The van der Waals surface area contributed by atoms with E-state index in [0.29, 0.717) is 17.2 Å². The van der Waals surface area contributed by atoms with E-state index in [1.54, 1.807) is 31.6 Å². The Morgan fingerprint density at radius 1 is 1.20 bits per heavy atom. The second-order valence-electron chi connectivity index (χ2n) is 5.45. The first-order valence-corrected chi connectivity index (χ1v) is 8.62. The van der Waals surface area contributed by atoms with E-state index in [4.69, 9.17) is 9.47 Å². The predicted octanol–water partition coefficient (Wildman–Crippen LogP) is 3.65. The lowest BCUT2D eigenvalue weighted by Gasteiger charge is -2.16. The quantitative estimate of drug-likeness (QED) is 0.706. The number of aromatic amines is 1. The van der Waals surface area contributed by atoms with Crippen molar-refractivity contribution in [3.63, 3.8) is 0 Å². The van der Waals surface area contributed by atoms with Crippen LogP contribution in [0.25, 0.3) is 10.6 Å². The van der Waals surface area contributed by atoms with Crippen LogP contribution in [-0.4, -0.2) is 30.3 Å². The molecule has 3 aromatic rings. The summed E-state index contributed by atoms with van der Waals surface area (Å²) in [6, 6.07) is 11.1. The van der Waals surface area contributed by atoms with Crippen molar-refractivity contribution in [3.05, 3.63) is 53.0 Å². The van der Waals surface area contributed by atoms with Gasteiger partial charge in [-0.25, -0.2) is 0 Å². The van der Waals surface area contributed by atoms with E-state index in [1.807, 2.05) is 42.6 Å². The van der Waals surface area contributed by atoms with Gasteiger partial charge in [0.1, 0.15) is 0 Å². The van der Waals surface area contributed by atoms with Gasteiger partial charge in [0.15, 0.2) is 17.2 Å². The zero-order chi connectivity index (χ0) is 17.8. The SMILES string of the molecule is COc1ccc([C@H](C)NC(=O)c2cc(-c3cccs3)[nH]n2)cc1OC. The summed E-state index contributed by atoms with van der Waals surface area (Å²) in [4.78, 5) is 13.5. The molecule has 0 saturated carbocycles. The number of H-pyrrole nitrogens is 1. The fourth-order valence-electron chi connectivity index (χ4n) is 2.47. The van der Waals surface area contributed by atoms with Gasteiger partial charge in [-0.3, -0.25) is 9.89 Å². The molecule has 2 heterocycles. The van der Waals surface area contributed by atoms with Gasteiger partial charge in [-0.05, 0) is 42.1 Å². The molecule has 0 bridgehead atoms. The molecule has 25 heavy (non-hydrogen) atoms. The third-order valence-corrected chi connectivity index (χ3v) is 4.76. The minimum absolute atomic E-state index is 0.200. The maximum atomic E-state index is 12.4. The fraction of sp³-hybridized carbons (Fsp3) is 0.222. The van der Waals surface area contributed by atoms with Gasteiger partial charge >= 0.3 is 0 Å². The lowest BCUT2D eigenvalue weighted by molar-refractivity contribution is 0.0934. The monoisotopic (exact) mass is 357 g/mol. The maximum Gasteiger partial charge on any atom is 0.272 e. The van der Waals surface area contributed by atoms with Crippen LogP contribution < -0.4 is 14.8 Å². The molecule has 6 nitrogen and oxygen atoms in total. The highest BCUT2D eigenvalue weighted by molar-refractivity contribution is 7.13. The van der Waals surface area contributed by atoms with Crippen molar-refractivity contribution in [1.82, 2.24) is 15.5 Å². The predicted molar refractivity (Wildman–Crippen MR) is 97.3 cm³/mol. The Morgan fingerprint density at radius 3 is 2.68 bits per heavy atom. The van der Waals surface area contributed by atoms with Crippen LogP contribution in [0.5, 0.6) is 11.5 Å². The molecule has 1 amide bonds. The van der Waals surface area contributed by atoms with E-state index in [0.717, 1.165) is 16.1 Å². The molecule has 0 unspecified atom stereocenters. The second kappa shape index (κ2) is 7.40. The van der Waals surface area contributed by atoms with Gasteiger partial charge < -0.3 is 14.8 Å². The molecule has 0 aliphatic heterocycles. The number of carbonyl (C=O) groups is 1. The highest BCUT2D eigenvalue weighted by atomic mass is 32.1. The van der Waals surface area contributed by atoms with Gasteiger partial charge in [-0.1, -0.05) is 12.1 Å². The standard InChI is InChI=1S/C18H19N3O3S/c1-11(12-6-7-15(23-2)16(9-12)24-3)19-18(22)14-10-13(20-21-14)17-5-4-8-25-17/h4-11H,1-3H3,(H,19,22)(H,20,21)/t11-/m0/s1. The van der Waals surface area contributed by atoms with Gasteiger partial charge in [0, 0.05) is 0 Å². The molecular weight excluding hydrogens is 338 g/mol. The molecule has 0 spiro atoms. The molecule has 2 N–H and O–H groups in total. The molecular formula is C18H19N3O3S. The molecule has 2 aromatic heterocycles. The first kappa shape index (κ1) is 17.0. The van der Waals surface area contributed by atoms with E-state index in [9.17, 15) is 4.79 Å². The van der Waals surface area contributed by atoms with Gasteiger partial charge in [-0.2, -0.15) is 5.10 Å². The second-order valence-corrected chi connectivity index (χ2v) is 6.40. The molecule has 0 aliphatic rings. The Labute approximate surface area is 149 Å². The van der Waals surface area contributed by atoms with E-state index in [2.05, 4.69) is 15.5 Å². The van der Waals surface area contributed by atoms with Crippen LogP contribution in [0.1, 0.15) is 29.0 Å². The number of hydrogen-bond acceptors (Lipinski definition) is 5. The van der Waals surface area contributed by atoms with Gasteiger partial charge in [0.25, 0.3) is 5.91 Å². The van der Waals surface area contributed by atoms with Crippen molar-refractivity contribution in [2.45, 2.75) is 13.0 Å². The van der Waals surface area contributed by atoms with Crippen LogP contribution in [0.3, 0.4) is 0 Å². The number of thiophene rings is 1. The summed E-state index contributed by atoms with van der Waals surface area (Å²) in [6.45, 7) is 1.91. The highest BCUT2D eigenvalue weighted by Gasteiger charge is 2.16. The van der Waals surface area contributed by atoms with Crippen LogP contribution in [0.15, 0.2) is 41.8 Å². The van der Waals surface area contributed by atoms with Crippen LogP contribution in [0.4, 0.5) is 0 Å². The summed E-state index contributed by atoms with van der Waals surface area (Å²) in [5.41, 5.74) is 2.11. The molecule has 1 aromatic carbocycles. The number of ether oxygens (including phenoxy) is 2. The summed E-state index contributed by atoms with van der Waals surface area (Å²) in [7, 11) is 3.17. The third-order valence-electron chi connectivity index (χ3n) is 3.85. The summed E-state index contributed by atoms with van der Waals surface area (Å²) in [5, 5.41) is 11.9. The smallest absolute Gasteiger partial charge is 0.272 e. The third kappa shape index (κ3) is 3.66. The van der Waals surface area contributed by atoms with E-state index < -0.39 is 0 Å². The molecule has 130 valence electrons. The van der Waals surface area contributed by atoms with Gasteiger partial charge in [0.05, 0.1) is 30.8 Å². The topological polar surface area (TPSA) is 76.2 Å². The van der Waals surface area contributed by atoms with Crippen molar-refractivity contribution in [2.24, 2.45) is 0 Å². The average Bonchev–Trinajstić information content (AvgIpc) is 3.32. The summed E-state index contributed by atoms with van der Waals surface area (Å²) >= 11 is 1.59. The minimum Gasteiger partial charge on any atom is -0.493 e. The van der Waals surface area contributed by atoms with Gasteiger partial charge in [0.2, 0.25) is 0 Å². The number of nitrogens with one attached hydrogen (secondary N) is 2. The van der Waals surface area contributed by atoms with Crippen LogP contribution >= 0.6 is 11.3 Å². The lowest BCUT2D eigenvalue weighted by atomic mass is 10.1.